The van der Waals surface area contributed by atoms with Crippen LogP contribution in [0.1, 0.15) is 39.0 Å². The topological polar surface area (TPSA) is 50.3 Å². The number of ether oxygens (including phenoxy) is 1. The van der Waals surface area contributed by atoms with Crippen LogP contribution in [0.4, 0.5) is 17.5 Å². The van der Waals surface area contributed by atoms with E-state index in [2.05, 4.69) is 53.3 Å². The Hall–Kier alpha value is -3.08. The summed E-state index contributed by atoms with van der Waals surface area (Å²) < 4.78 is 5.91. The second-order valence-corrected chi connectivity index (χ2v) is 7.69. The second-order valence-electron chi connectivity index (χ2n) is 7.69. The maximum Gasteiger partial charge on any atom is 0.229 e. The Balaban J connectivity index is 1.89. The molecule has 0 fully saturated rings. The first kappa shape index (κ1) is 20.6. The first-order valence-electron chi connectivity index (χ1n) is 10.1. The number of nitrogens with zero attached hydrogens (tertiary/aromatic N) is 3. The van der Waals surface area contributed by atoms with Crippen molar-refractivity contribution in [2.24, 2.45) is 0 Å². The summed E-state index contributed by atoms with van der Waals surface area (Å²) in [6.45, 7) is 11.2. The summed E-state index contributed by atoms with van der Waals surface area (Å²) in [6, 6.07) is 20.7. The molecular weight excluding hydrogens is 360 g/mol. The van der Waals surface area contributed by atoms with E-state index < -0.39 is 0 Å². The first-order valence-corrected chi connectivity index (χ1v) is 10.1. The van der Waals surface area contributed by atoms with Gasteiger partial charge in [0.25, 0.3) is 0 Å². The zero-order valence-electron chi connectivity index (χ0n) is 17.9. The van der Waals surface area contributed by atoms with E-state index in [1.54, 1.807) is 0 Å². The van der Waals surface area contributed by atoms with E-state index in [0.29, 0.717) is 12.0 Å². The zero-order chi connectivity index (χ0) is 20.8. The van der Waals surface area contributed by atoms with Gasteiger partial charge in [0, 0.05) is 24.3 Å². The van der Waals surface area contributed by atoms with Crippen LogP contribution in [0.5, 0.6) is 5.75 Å². The highest BCUT2D eigenvalue weighted by atomic mass is 16.5. The molecule has 0 saturated carbocycles. The van der Waals surface area contributed by atoms with Gasteiger partial charge in [-0.15, -0.1) is 0 Å². The van der Waals surface area contributed by atoms with E-state index in [4.69, 9.17) is 9.72 Å². The fourth-order valence-electron chi connectivity index (χ4n) is 3.11. The average Bonchev–Trinajstić information content (AvgIpc) is 2.67. The van der Waals surface area contributed by atoms with Gasteiger partial charge in [-0.3, -0.25) is 0 Å². The molecule has 2 aromatic carbocycles. The first-order chi connectivity index (χ1) is 13.9. The summed E-state index contributed by atoms with van der Waals surface area (Å²) in [7, 11) is 0. The van der Waals surface area contributed by atoms with Gasteiger partial charge >= 0.3 is 0 Å². The molecule has 0 aliphatic heterocycles. The van der Waals surface area contributed by atoms with Crippen LogP contribution in [-0.2, 0) is 6.54 Å². The molecule has 0 aliphatic carbocycles. The smallest absolute Gasteiger partial charge is 0.229 e. The fraction of sp³-hybridized carbons (Fsp3) is 0.333. The monoisotopic (exact) mass is 390 g/mol. The predicted octanol–water partition coefficient (Wildman–Crippen LogP) is 5.73. The van der Waals surface area contributed by atoms with Crippen LogP contribution in [0.3, 0.4) is 0 Å². The number of anilines is 3. The van der Waals surface area contributed by atoms with Crippen molar-refractivity contribution in [3.63, 3.8) is 0 Å². The van der Waals surface area contributed by atoms with E-state index in [-0.39, 0.29) is 6.10 Å². The molecule has 0 spiro atoms. The molecule has 1 N–H and O–H groups in total. The van der Waals surface area contributed by atoms with Gasteiger partial charge in [0.05, 0.1) is 11.8 Å². The molecule has 0 radical (unpaired) electrons. The molecule has 0 atom stereocenters. The van der Waals surface area contributed by atoms with Crippen LogP contribution in [-0.4, -0.2) is 22.1 Å². The van der Waals surface area contributed by atoms with E-state index >= 15 is 0 Å². The van der Waals surface area contributed by atoms with Crippen molar-refractivity contribution >= 4 is 17.5 Å². The molecule has 0 bridgehead atoms. The molecule has 1 aromatic heterocycles. The van der Waals surface area contributed by atoms with Crippen molar-refractivity contribution in [2.75, 3.05) is 10.2 Å². The number of benzene rings is 2. The molecule has 3 rings (SSSR count). The number of aromatic nitrogens is 2. The second kappa shape index (κ2) is 9.41. The molecule has 0 aliphatic rings. The van der Waals surface area contributed by atoms with Gasteiger partial charge in [0.15, 0.2) is 0 Å². The lowest BCUT2D eigenvalue weighted by molar-refractivity contribution is 0.244. The standard InChI is InChI=1S/C24H30N4O/c1-17(2)28(16-20-11-7-6-8-12-20)23-15-19(5)25-24(27-23)26-21-13-9-10-14-22(21)29-18(3)4/h6-15,17-18H,16H2,1-5H3,(H,25,26,27). The van der Waals surface area contributed by atoms with Gasteiger partial charge in [-0.2, -0.15) is 4.98 Å². The average molecular weight is 391 g/mol. The lowest BCUT2D eigenvalue weighted by atomic mass is 10.2. The van der Waals surface area contributed by atoms with Gasteiger partial charge in [-0.05, 0) is 52.3 Å². The quantitative estimate of drug-likeness (QED) is 0.532. The Kier molecular flexibility index (Phi) is 6.70. The number of hydrogen-bond donors (Lipinski definition) is 1. The van der Waals surface area contributed by atoms with Gasteiger partial charge in [-0.1, -0.05) is 42.5 Å². The highest BCUT2D eigenvalue weighted by Gasteiger charge is 2.15. The maximum absolute atomic E-state index is 5.91. The van der Waals surface area contributed by atoms with Crippen molar-refractivity contribution in [3.05, 3.63) is 71.9 Å². The van der Waals surface area contributed by atoms with Crippen LogP contribution in [0, 0.1) is 6.92 Å². The van der Waals surface area contributed by atoms with Crippen molar-refractivity contribution in [1.82, 2.24) is 9.97 Å². The predicted molar refractivity (Wildman–Crippen MR) is 120 cm³/mol. The Labute approximate surface area is 173 Å². The molecule has 0 saturated heterocycles. The molecular formula is C24H30N4O. The van der Waals surface area contributed by atoms with E-state index in [1.165, 1.54) is 5.56 Å². The van der Waals surface area contributed by atoms with Gasteiger partial charge in [-0.25, -0.2) is 4.98 Å². The van der Waals surface area contributed by atoms with Crippen molar-refractivity contribution in [3.8, 4) is 5.75 Å². The third-order valence-corrected chi connectivity index (χ3v) is 4.45. The summed E-state index contributed by atoms with van der Waals surface area (Å²) >= 11 is 0. The Morgan fingerprint density at radius 3 is 2.31 bits per heavy atom. The molecule has 29 heavy (non-hydrogen) atoms. The van der Waals surface area contributed by atoms with Crippen LogP contribution in [0.25, 0.3) is 0 Å². The third-order valence-electron chi connectivity index (χ3n) is 4.45. The summed E-state index contributed by atoms with van der Waals surface area (Å²) in [5, 5.41) is 3.34. The van der Waals surface area contributed by atoms with E-state index in [0.717, 1.165) is 29.5 Å². The summed E-state index contributed by atoms with van der Waals surface area (Å²) in [4.78, 5) is 11.7. The molecule has 5 nitrogen and oxygen atoms in total. The number of aryl methyl sites for hydroxylation is 1. The summed E-state index contributed by atoms with van der Waals surface area (Å²) in [5.41, 5.74) is 3.03. The molecule has 1 heterocycles. The minimum absolute atomic E-state index is 0.0919. The largest absolute Gasteiger partial charge is 0.489 e. The number of hydrogen-bond acceptors (Lipinski definition) is 5. The van der Waals surface area contributed by atoms with Gasteiger partial charge in [0.1, 0.15) is 11.6 Å². The van der Waals surface area contributed by atoms with Crippen LogP contribution in [0.15, 0.2) is 60.7 Å². The Bertz CT molecular complexity index is 925. The molecule has 0 unspecified atom stereocenters. The third kappa shape index (κ3) is 5.70. The molecule has 152 valence electrons. The Morgan fingerprint density at radius 1 is 0.931 bits per heavy atom. The van der Waals surface area contributed by atoms with Crippen molar-refractivity contribution in [2.45, 2.75) is 53.3 Å². The molecule has 3 aromatic rings. The van der Waals surface area contributed by atoms with Gasteiger partial charge < -0.3 is 15.0 Å². The van der Waals surface area contributed by atoms with Crippen LogP contribution < -0.4 is 15.0 Å². The number of nitrogens with one attached hydrogen (secondary N) is 1. The van der Waals surface area contributed by atoms with Crippen LogP contribution >= 0.6 is 0 Å². The zero-order valence-corrected chi connectivity index (χ0v) is 17.9. The summed E-state index contributed by atoms with van der Waals surface area (Å²) in [6.07, 6.45) is 0.0919. The maximum atomic E-state index is 5.91. The summed E-state index contributed by atoms with van der Waals surface area (Å²) in [5.74, 6) is 2.26. The highest BCUT2D eigenvalue weighted by molar-refractivity contribution is 5.63. The number of para-hydroxylation sites is 2. The van der Waals surface area contributed by atoms with Gasteiger partial charge in [0.2, 0.25) is 5.95 Å². The molecule has 5 heteroatoms. The minimum Gasteiger partial charge on any atom is -0.489 e. The number of rotatable bonds is 8. The van der Waals surface area contributed by atoms with Crippen LogP contribution in [0.2, 0.25) is 0 Å². The van der Waals surface area contributed by atoms with E-state index in [9.17, 15) is 0 Å². The fourth-order valence-corrected chi connectivity index (χ4v) is 3.11. The normalized spacial score (nSPS) is 11.0. The molecule has 0 amide bonds. The lowest BCUT2D eigenvalue weighted by Gasteiger charge is -2.28. The minimum atomic E-state index is 0.0919. The SMILES string of the molecule is Cc1cc(N(Cc2ccccc2)C(C)C)nc(Nc2ccccc2OC(C)C)n1. The van der Waals surface area contributed by atoms with Crippen molar-refractivity contribution < 1.29 is 4.74 Å². The van der Waals surface area contributed by atoms with E-state index in [1.807, 2.05) is 57.2 Å². The lowest BCUT2D eigenvalue weighted by Crippen LogP contribution is -2.31. The Morgan fingerprint density at radius 2 is 1.62 bits per heavy atom. The van der Waals surface area contributed by atoms with Crippen molar-refractivity contribution in [1.29, 1.82) is 0 Å². The highest BCUT2D eigenvalue weighted by Crippen LogP contribution is 2.28.